The van der Waals surface area contributed by atoms with Crippen molar-refractivity contribution in [2.75, 3.05) is 20.8 Å². The zero-order chi connectivity index (χ0) is 28.2. The van der Waals surface area contributed by atoms with E-state index in [0.717, 1.165) is 22.4 Å². The van der Waals surface area contributed by atoms with Crippen molar-refractivity contribution in [3.63, 3.8) is 0 Å². The number of ketones is 1. The lowest BCUT2D eigenvalue weighted by atomic mass is 9.71. The zero-order valence-electron chi connectivity index (χ0n) is 22.8. The minimum Gasteiger partial charge on any atom is -0.493 e. The van der Waals surface area contributed by atoms with Gasteiger partial charge in [-0.1, -0.05) is 76.6 Å². The van der Waals surface area contributed by atoms with E-state index < -0.39 is 11.9 Å². The molecule has 1 aliphatic heterocycles. The third-order valence-corrected chi connectivity index (χ3v) is 8.29. The number of allylic oxidation sites excluding steroid dienone is 3. The molecule has 6 nitrogen and oxygen atoms in total. The van der Waals surface area contributed by atoms with Gasteiger partial charge in [0.25, 0.3) is 0 Å². The second-order valence-corrected chi connectivity index (χ2v) is 10.9. The minimum atomic E-state index is -0.626. The fourth-order valence-electron chi connectivity index (χ4n) is 5.66. The summed E-state index contributed by atoms with van der Waals surface area (Å²) in [4.78, 5) is 27.6. The average molecular weight is 603 g/mol. The molecular weight excluding hydrogens is 570 g/mol. The largest absolute Gasteiger partial charge is 0.493 e. The van der Waals surface area contributed by atoms with Gasteiger partial charge < -0.3 is 19.5 Å². The number of hydrogen-bond donors (Lipinski definition) is 1. The van der Waals surface area contributed by atoms with Crippen LogP contribution < -0.4 is 14.8 Å². The summed E-state index contributed by atoms with van der Waals surface area (Å²) >= 11 is 3.69. The summed E-state index contributed by atoms with van der Waals surface area (Å²) in [7, 11) is 3.14. The Morgan fingerprint density at radius 1 is 0.950 bits per heavy atom. The summed E-state index contributed by atoms with van der Waals surface area (Å²) in [5, 5.41) is 3.42. The molecule has 0 radical (unpaired) electrons. The van der Waals surface area contributed by atoms with E-state index in [4.69, 9.17) is 14.2 Å². The Labute approximate surface area is 243 Å². The number of nitrogens with one attached hydrogen (secondary N) is 1. The van der Waals surface area contributed by atoms with Gasteiger partial charge in [0.05, 0.1) is 26.4 Å². The molecule has 2 atom stereocenters. The van der Waals surface area contributed by atoms with Crippen LogP contribution in [0.4, 0.5) is 0 Å². The predicted molar refractivity (Wildman–Crippen MR) is 157 cm³/mol. The Kier molecular flexibility index (Phi) is 8.40. The third-order valence-electron chi connectivity index (χ3n) is 7.60. The number of rotatable bonds is 8. The molecule has 3 aromatic carbocycles. The van der Waals surface area contributed by atoms with E-state index in [0.29, 0.717) is 52.1 Å². The van der Waals surface area contributed by atoms with Crippen LogP contribution in [-0.4, -0.2) is 32.6 Å². The van der Waals surface area contributed by atoms with Crippen LogP contribution in [0.3, 0.4) is 0 Å². The molecule has 3 aromatic rings. The van der Waals surface area contributed by atoms with Gasteiger partial charge >= 0.3 is 5.97 Å². The van der Waals surface area contributed by atoms with E-state index in [1.54, 1.807) is 14.2 Å². The number of carbonyl (C=O) groups is 2. The number of hydrogen-bond acceptors (Lipinski definition) is 6. The molecule has 1 heterocycles. The van der Waals surface area contributed by atoms with Gasteiger partial charge in [0.15, 0.2) is 17.3 Å². The molecule has 5 rings (SSSR count). The maximum absolute atomic E-state index is 13.9. The molecule has 0 fully saturated rings. The smallest absolute Gasteiger partial charge is 0.336 e. The maximum atomic E-state index is 13.9. The highest BCUT2D eigenvalue weighted by atomic mass is 79.9. The summed E-state index contributed by atoms with van der Waals surface area (Å²) in [6, 6.07) is 23.6. The van der Waals surface area contributed by atoms with Crippen LogP contribution >= 0.6 is 15.9 Å². The van der Waals surface area contributed by atoms with Crippen molar-refractivity contribution in [1.82, 2.24) is 5.32 Å². The summed E-state index contributed by atoms with van der Waals surface area (Å²) in [5.74, 6) is 0.0586. The molecule has 0 saturated heterocycles. The van der Waals surface area contributed by atoms with E-state index in [1.807, 2.05) is 67.6 Å². The van der Waals surface area contributed by atoms with E-state index in [-0.39, 0.29) is 18.3 Å². The molecule has 206 valence electrons. The van der Waals surface area contributed by atoms with E-state index >= 15 is 0 Å². The van der Waals surface area contributed by atoms with Crippen molar-refractivity contribution in [2.45, 2.75) is 38.0 Å². The van der Waals surface area contributed by atoms with Crippen molar-refractivity contribution in [3.8, 4) is 11.5 Å². The van der Waals surface area contributed by atoms with Crippen molar-refractivity contribution in [3.05, 3.63) is 116 Å². The first-order valence-corrected chi connectivity index (χ1v) is 14.1. The molecule has 1 aliphatic carbocycles. The standard InChI is InChI=1S/C33H32BrNO5/c1-20-30(33(37)40-15-14-21-10-6-4-7-11-21)31(24-18-28(38-2)29(39-3)19-25(24)34)32-26(35-20)16-23(17-27(32)36)22-12-8-5-9-13-22/h4-13,18-19,23,31,35H,14-17H2,1-3H3/t23-,31+/m1/s1. The minimum absolute atomic E-state index is 0.0105. The first kappa shape index (κ1) is 27.7. The number of ether oxygens (including phenoxy) is 3. The van der Waals surface area contributed by atoms with Crippen molar-refractivity contribution >= 4 is 27.7 Å². The molecule has 0 spiro atoms. The first-order valence-electron chi connectivity index (χ1n) is 13.3. The average Bonchev–Trinajstić information content (AvgIpc) is 2.97. The lowest BCUT2D eigenvalue weighted by Crippen LogP contribution is -2.36. The number of Topliss-reactive ketones (excluding diaryl/α,β-unsaturated/α-hetero) is 1. The van der Waals surface area contributed by atoms with E-state index in [2.05, 4.69) is 33.4 Å². The molecule has 0 bridgehead atoms. The summed E-state index contributed by atoms with van der Waals surface area (Å²) in [6.07, 6.45) is 1.63. The van der Waals surface area contributed by atoms with Crippen molar-refractivity contribution in [1.29, 1.82) is 0 Å². The highest BCUT2D eigenvalue weighted by molar-refractivity contribution is 9.10. The van der Waals surface area contributed by atoms with E-state index in [9.17, 15) is 9.59 Å². The number of dihydropyridines is 1. The highest BCUT2D eigenvalue weighted by Gasteiger charge is 2.42. The fourth-order valence-corrected chi connectivity index (χ4v) is 6.21. The van der Waals surface area contributed by atoms with Crippen LogP contribution in [0.1, 0.15) is 48.3 Å². The number of methoxy groups -OCH3 is 2. The fraction of sp³-hybridized carbons (Fsp3) is 0.273. The molecule has 7 heteroatoms. The number of halogens is 1. The van der Waals surface area contributed by atoms with Gasteiger partial charge in [-0.25, -0.2) is 4.79 Å². The van der Waals surface area contributed by atoms with Crippen LogP contribution in [-0.2, 0) is 20.7 Å². The number of esters is 1. The normalized spacial score (nSPS) is 18.6. The van der Waals surface area contributed by atoms with Crippen LogP contribution in [0.5, 0.6) is 11.5 Å². The summed E-state index contributed by atoms with van der Waals surface area (Å²) in [5.41, 5.74) is 5.49. The van der Waals surface area contributed by atoms with Gasteiger partial charge in [0.2, 0.25) is 0 Å². The van der Waals surface area contributed by atoms with Gasteiger partial charge in [-0.3, -0.25) is 4.79 Å². The van der Waals surface area contributed by atoms with Crippen LogP contribution in [0.15, 0.2) is 99.8 Å². The van der Waals surface area contributed by atoms with Gasteiger partial charge in [-0.15, -0.1) is 0 Å². The van der Waals surface area contributed by atoms with Gasteiger partial charge in [-0.2, -0.15) is 0 Å². The van der Waals surface area contributed by atoms with Crippen molar-refractivity contribution < 1.29 is 23.8 Å². The lowest BCUT2D eigenvalue weighted by molar-refractivity contribution is -0.139. The second-order valence-electron chi connectivity index (χ2n) is 10.0. The van der Waals surface area contributed by atoms with Crippen LogP contribution in [0.2, 0.25) is 0 Å². The number of carbonyl (C=O) groups excluding carboxylic acids is 2. The highest BCUT2D eigenvalue weighted by Crippen LogP contribution is 2.49. The topological polar surface area (TPSA) is 73.9 Å². The Hall–Kier alpha value is -3.84. The summed E-state index contributed by atoms with van der Waals surface area (Å²) < 4.78 is 17.6. The summed E-state index contributed by atoms with van der Waals surface area (Å²) in [6.45, 7) is 2.10. The van der Waals surface area contributed by atoms with Gasteiger partial charge in [0.1, 0.15) is 0 Å². The van der Waals surface area contributed by atoms with Gasteiger partial charge in [0, 0.05) is 40.2 Å². The molecule has 0 saturated carbocycles. The predicted octanol–water partition coefficient (Wildman–Crippen LogP) is 6.61. The molecule has 0 amide bonds. The quantitative estimate of drug-likeness (QED) is 0.293. The second kappa shape index (κ2) is 12.1. The van der Waals surface area contributed by atoms with Crippen molar-refractivity contribution in [2.24, 2.45) is 0 Å². The Bertz CT molecular complexity index is 1480. The molecule has 1 N–H and O–H groups in total. The maximum Gasteiger partial charge on any atom is 0.336 e. The first-order chi connectivity index (χ1) is 19.4. The molecular formula is C33H32BrNO5. The number of benzene rings is 3. The van der Waals surface area contributed by atoms with Gasteiger partial charge in [-0.05, 0) is 48.1 Å². The van der Waals surface area contributed by atoms with Crippen LogP contribution in [0.25, 0.3) is 0 Å². The molecule has 0 unspecified atom stereocenters. The van der Waals surface area contributed by atoms with E-state index in [1.165, 1.54) is 0 Å². The Morgan fingerprint density at radius 2 is 1.60 bits per heavy atom. The Balaban J connectivity index is 1.54. The zero-order valence-corrected chi connectivity index (χ0v) is 24.4. The Morgan fingerprint density at radius 3 is 2.27 bits per heavy atom. The molecule has 2 aliphatic rings. The third kappa shape index (κ3) is 5.56. The lowest BCUT2D eigenvalue weighted by Gasteiger charge is -2.37. The molecule has 0 aromatic heterocycles. The monoisotopic (exact) mass is 601 g/mol. The van der Waals surface area contributed by atoms with Crippen LogP contribution in [0, 0.1) is 0 Å². The SMILES string of the molecule is COc1cc(Br)c([C@H]2C(C(=O)OCCc3ccccc3)=C(C)NC3=C2C(=O)C[C@H](c2ccccc2)C3)cc1OC. The molecule has 40 heavy (non-hydrogen) atoms.